The summed E-state index contributed by atoms with van der Waals surface area (Å²) in [5.41, 5.74) is 5.70. The zero-order valence-electron chi connectivity index (χ0n) is 8.79. The van der Waals surface area contributed by atoms with E-state index in [1.165, 1.54) is 32.1 Å². The zero-order chi connectivity index (χ0) is 10.1. The average molecular weight is 186 g/mol. The highest BCUT2D eigenvalue weighted by atomic mass is 16.2. The van der Waals surface area contributed by atoms with Crippen LogP contribution in [0.2, 0.25) is 0 Å². The lowest BCUT2D eigenvalue weighted by Gasteiger charge is -2.20. The third-order valence-electron chi connectivity index (χ3n) is 2.28. The molecule has 0 amide bonds. The highest BCUT2D eigenvalue weighted by Gasteiger charge is 2.15. The van der Waals surface area contributed by atoms with Crippen molar-refractivity contribution in [2.75, 3.05) is 13.7 Å². The molecule has 1 fully saturated rings. The summed E-state index contributed by atoms with van der Waals surface area (Å²) < 4.78 is 0. The second kappa shape index (κ2) is 8.05. The molecule has 0 radical (unpaired) electrons. The van der Waals surface area contributed by atoms with Crippen LogP contribution in [0.3, 0.4) is 0 Å². The molecule has 1 saturated carbocycles. The van der Waals surface area contributed by atoms with Crippen LogP contribution in [0.5, 0.6) is 0 Å². The van der Waals surface area contributed by atoms with Crippen molar-refractivity contribution in [1.82, 2.24) is 0 Å². The molecule has 0 aromatic heterocycles. The Balaban J connectivity index is 0.000000424. The summed E-state index contributed by atoms with van der Waals surface area (Å²) in [6, 6.07) is 0. The topological polar surface area (TPSA) is 58.6 Å². The van der Waals surface area contributed by atoms with Crippen LogP contribution in [0.1, 0.15) is 39.0 Å². The largest absolute Gasteiger partial charge is 0.397 e. The minimum atomic E-state index is 0.250. The lowest BCUT2D eigenvalue weighted by atomic mass is 9.88. The predicted octanol–water partition coefficient (Wildman–Crippen LogP) is 1.55. The minimum Gasteiger partial charge on any atom is -0.397 e. The number of hydrogen-bond donors (Lipinski definition) is 2. The molecule has 3 nitrogen and oxygen atoms in total. The minimum absolute atomic E-state index is 0.250. The summed E-state index contributed by atoms with van der Waals surface area (Å²) in [6.07, 6.45) is 6.56. The number of aliphatic hydroxyl groups is 1. The Labute approximate surface area is 81.1 Å². The van der Waals surface area contributed by atoms with Crippen molar-refractivity contribution >= 4 is 5.84 Å². The number of rotatable bonds is 1. The first-order chi connectivity index (χ1) is 6.26. The van der Waals surface area contributed by atoms with Crippen molar-refractivity contribution in [3.05, 3.63) is 0 Å². The fourth-order valence-corrected chi connectivity index (χ4v) is 1.58. The first kappa shape index (κ1) is 12.4. The summed E-state index contributed by atoms with van der Waals surface area (Å²) >= 11 is 0. The van der Waals surface area contributed by atoms with Gasteiger partial charge in [-0.3, -0.25) is 4.99 Å². The molecular weight excluding hydrogens is 164 g/mol. The summed E-state index contributed by atoms with van der Waals surface area (Å²) in [6.45, 7) is 1.93. The van der Waals surface area contributed by atoms with Crippen LogP contribution < -0.4 is 5.73 Å². The molecular formula is C10H22N2O. The van der Waals surface area contributed by atoms with Gasteiger partial charge in [-0.2, -0.15) is 0 Å². The van der Waals surface area contributed by atoms with Gasteiger partial charge >= 0.3 is 0 Å². The molecule has 0 atom stereocenters. The second-order valence-corrected chi connectivity index (χ2v) is 3.30. The molecule has 1 aliphatic carbocycles. The maximum absolute atomic E-state index is 7.57. The Bertz CT molecular complexity index is 140. The van der Waals surface area contributed by atoms with E-state index >= 15 is 0 Å². The monoisotopic (exact) mass is 186 g/mol. The van der Waals surface area contributed by atoms with Gasteiger partial charge in [0.1, 0.15) is 0 Å². The van der Waals surface area contributed by atoms with Crippen LogP contribution in [0, 0.1) is 5.92 Å². The van der Waals surface area contributed by atoms with Gasteiger partial charge in [-0.15, -0.1) is 0 Å². The first-order valence-electron chi connectivity index (χ1n) is 5.09. The lowest BCUT2D eigenvalue weighted by molar-refractivity contribution is 0.318. The van der Waals surface area contributed by atoms with E-state index in [1.807, 2.05) is 0 Å². The van der Waals surface area contributed by atoms with E-state index in [2.05, 4.69) is 4.99 Å². The molecule has 0 aliphatic heterocycles. The van der Waals surface area contributed by atoms with E-state index in [4.69, 9.17) is 10.8 Å². The summed E-state index contributed by atoms with van der Waals surface area (Å²) in [5.74, 6) is 1.46. The van der Waals surface area contributed by atoms with Crippen LogP contribution >= 0.6 is 0 Å². The van der Waals surface area contributed by atoms with Crippen molar-refractivity contribution < 1.29 is 5.11 Å². The van der Waals surface area contributed by atoms with Gasteiger partial charge in [-0.05, 0) is 19.8 Å². The van der Waals surface area contributed by atoms with Crippen LogP contribution in [-0.2, 0) is 0 Å². The Kier molecular flexibility index (Phi) is 7.69. The molecule has 0 unspecified atom stereocenters. The Hall–Kier alpha value is -0.570. The Morgan fingerprint density at radius 1 is 1.38 bits per heavy atom. The highest BCUT2D eigenvalue weighted by molar-refractivity contribution is 5.82. The Morgan fingerprint density at radius 3 is 2.23 bits per heavy atom. The number of amidine groups is 1. The van der Waals surface area contributed by atoms with Gasteiger partial charge in [0.05, 0.1) is 5.84 Å². The quantitative estimate of drug-likeness (QED) is 0.482. The summed E-state index contributed by atoms with van der Waals surface area (Å²) in [7, 11) is 1.78. The molecule has 3 heteroatoms. The maximum Gasteiger partial charge on any atom is 0.0964 e. The molecule has 1 rings (SSSR count). The van der Waals surface area contributed by atoms with Gasteiger partial charge in [-0.1, -0.05) is 19.3 Å². The van der Waals surface area contributed by atoms with Crippen molar-refractivity contribution in [1.29, 1.82) is 0 Å². The number of aliphatic hydroxyl groups excluding tert-OH is 1. The normalized spacial score (nSPS) is 19.2. The van der Waals surface area contributed by atoms with E-state index in [-0.39, 0.29) is 6.61 Å². The third kappa shape index (κ3) is 5.64. The molecule has 78 valence electrons. The van der Waals surface area contributed by atoms with Crippen molar-refractivity contribution in [3.63, 3.8) is 0 Å². The van der Waals surface area contributed by atoms with Crippen LogP contribution in [0.4, 0.5) is 0 Å². The molecule has 0 aromatic rings. The van der Waals surface area contributed by atoms with Gasteiger partial charge in [0.25, 0.3) is 0 Å². The van der Waals surface area contributed by atoms with E-state index in [0.717, 1.165) is 5.84 Å². The van der Waals surface area contributed by atoms with Crippen molar-refractivity contribution in [3.8, 4) is 0 Å². The summed E-state index contributed by atoms with van der Waals surface area (Å²) in [5, 5.41) is 7.57. The van der Waals surface area contributed by atoms with Crippen LogP contribution in [0.15, 0.2) is 4.99 Å². The molecule has 0 heterocycles. The predicted molar refractivity (Wildman–Crippen MR) is 56.9 cm³/mol. The molecule has 13 heavy (non-hydrogen) atoms. The number of nitrogens with zero attached hydrogens (tertiary/aromatic N) is 1. The second-order valence-electron chi connectivity index (χ2n) is 3.30. The smallest absolute Gasteiger partial charge is 0.0964 e. The van der Waals surface area contributed by atoms with E-state index in [1.54, 1.807) is 14.0 Å². The van der Waals surface area contributed by atoms with Gasteiger partial charge in [0.2, 0.25) is 0 Å². The number of aliphatic imine (C=N–C) groups is 1. The fraction of sp³-hybridized carbons (Fsp3) is 0.900. The Morgan fingerprint density at radius 2 is 1.85 bits per heavy atom. The van der Waals surface area contributed by atoms with Gasteiger partial charge in [0.15, 0.2) is 0 Å². The fourth-order valence-electron chi connectivity index (χ4n) is 1.58. The van der Waals surface area contributed by atoms with E-state index in [0.29, 0.717) is 5.92 Å². The third-order valence-corrected chi connectivity index (χ3v) is 2.28. The lowest BCUT2D eigenvalue weighted by Crippen LogP contribution is -2.25. The maximum atomic E-state index is 7.57. The van der Waals surface area contributed by atoms with Crippen LogP contribution in [-0.4, -0.2) is 24.6 Å². The molecule has 1 aliphatic rings. The molecule has 3 N–H and O–H groups in total. The van der Waals surface area contributed by atoms with Crippen LogP contribution in [0.25, 0.3) is 0 Å². The molecule has 0 aromatic carbocycles. The van der Waals surface area contributed by atoms with Gasteiger partial charge in [-0.25, -0.2) is 0 Å². The van der Waals surface area contributed by atoms with Crippen molar-refractivity contribution in [2.24, 2.45) is 16.6 Å². The molecule has 0 saturated heterocycles. The van der Waals surface area contributed by atoms with Gasteiger partial charge < -0.3 is 10.8 Å². The average Bonchev–Trinajstić information content (AvgIpc) is 2.19. The van der Waals surface area contributed by atoms with Gasteiger partial charge in [0, 0.05) is 19.6 Å². The highest BCUT2D eigenvalue weighted by Crippen LogP contribution is 2.23. The number of hydrogen-bond acceptors (Lipinski definition) is 2. The molecule has 0 spiro atoms. The zero-order valence-corrected chi connectivity index (χ0v) is 8.79. The number of nitrogens with two attached hydrogens (primary N) is 1. The standard InChI is InChI=1S/C8H16N2.C2H6O/c1-10-8(9)7-5-3-2-4-6-7;1-2-3/h7H,2-6H2,1H3,(H2,9,10);3H,2H2,1H3. The first-order valence-corrected chi connectivity index (χ1v) is 5.09. The SMILES string of the molecule is CCO.CN=C(N)C1CCCCC1. The van der Waals surface area contributed by atoms with E-state index < -0.39 is 0 Å². The molecule has 0 bridgehead atoms. The van der Waals surface area contributed by atoms with Crippen molar-refractivity contribution in [2.45, 2.75) is 39.0 Å². The summed E-state index contributed by atoms with van der Waals surface area (Å²) in [4.78, 5) is 4.01. The van der Waals surface area contributed by atoms with E-state index in [9.17, 15) is 0 Å².